The Labute approximate surface area is 151 Å². The summed E-state index contributed by atoms with van der Waals surface area (Å²) in [4.78, 5) is 0. The second kappa shape index (κ2) is 7.82. The Hall–Kier alpha value is -2.84. The topological polar surface area (TPSA) is 54.5 Å². The molecule has 3 rings (SSSR count). The van der Waals surface area contributed by atoms with Crippen molar-refractivity contribution < 1.29 is 0 Å². The Bertz CT molecular complexity index is 937. The first-order valence-electron chi connectivity index (χ1n) is 7.94. The van der Waals surface area contributed by atoms with Crippen LogP contribution in [-0.2, 0) is 12.3 Å². The van der Waals surface area contributed by atoms with Gasteiger partial charge in [0.05, 0.1) is 11.6 Å². The number of hydrogen-bond acceptors (Lipinski definition) is 4. The molecule has 0 aliphatic rings. The molecule has 0 fully saturated rings. The molecule has 0 saturated heterocycles. The van der Waals surface area contributed by atoms with Gasteiger partial charge in [-0.05, 0) is 30.7 Å². The van der Waals surface area contributed by atoms with Crippen molar-refractivity contribution in [3.8, 4) is 17.5 Å². The Morgan fingerprint density at radius 2 is 2.04 bits per heavy atom. The van der Waals surface area contributed by atoms with E-state index in [0.29, 0.717) is 12.1 Å². The summed E-state index contributed by atoms with van der Waals surface area (Å²) in [5.41, 5.74) is 4.00. The van der Waals surface area contributed by atoms with Crippen molar-refractivity contribution in [2.45, 2.75) is 24.4 Å². The van der Waals surface area contributed by atoms with Crippen LogP contribution in [0.3, 0.4) is 0 Å². The van der Waals surface area contributed by atoms with Gasteiger partial charge in [0.2, 0.25) is 0 Å². The molecular weight excluding hydrogens is 328 g/mol. The predicted octanol–water partition coefficient (Wildman–Crippen LogP) is 4.60. The van der Waals surface area contributed by atoms with Crippen LogP contribution >= 0.6 is 11.8 Å². The van der Waals surface area contributed by atoms with E-state index in [-0.39, 0.29) is 0 Å². The molecule has 1 heterocycles. The lowest BCUT2D eigenvalue weighted by Crippen LogP contribution is -2.01. The largest absolute Gasteiger partial charge is 0.298 e. The van der Waals surface area contributed by atoms with Crippen LogP contribution < -0.4 is 0 Å². The first-order chi connectivity index (χ1) is 12.2. The van der Waals surface area contributed by atoms with E-state index in [0.717, 1.165) is 27.9 Å². The number of nitriles is 1. The third-order valence-electron chi connectivity index (χ3n) is 3.73. The maximum absolute atomic E-state index is 9.02. The highest BCUT2D eigenvalue weighted by Gasteiger charge is 2.13. The van der Waals surface area contributed by atoms with E-state index in [1.165, 1.54) is 5.56 Å². The molecule has 0 aliphatic heterocycles. The zero-order chi connectivity index (χ0) is 17.6. The van der Waals surface area contributed by atoms with Crippen LogP contribution in [0.1, 0.15) is 16.7 Å². The highest BCUT2D eigenvalue weighted by atomic mass is 32.2. The molecule has 2 aromatic carbocycles. The minimum absolute atomic E-state index is 0.650. The third kappa shape index (κ3) is 3.98. The summed E-state index contributed by atoms with van der Waals surface area (Å²) < 4.78 is 2.07. The van der Waals surface area contributed by atoms with Gasteiger partial charge in [0.25, 0.3) is 0 Å². The number of benzene rings is 2. The fourth-order valence-electron chi connectivity index (χ4n) is 2.57. The van der Waals surface area contributed by atoms with Crippen LogP contribution in [0.5, 0.6) is 0 Å². The molecule has 0 bridgehead atoms. The van der Waals surface area contributed by atoms with E-state index in [1.54, 1.807) is 11.8 Å². The first-order valence-corrected chi connectivity index (χ1v) is 8.93. The van der Waals surface area contributed by atoms with Gasteiger partial charge >= 0.3 is 0 Å². The molecule has 0 amide bonds. The highest BCUT2D eigenvalue weighted by Crippen LogP contribution is 2.27. The molecular formula is C20H18N4S. The van der Waals surface area contributed by atoms with Crippen LogP contribution in [0.2, 0.25) is 0 Å². The van der Waals surface area contributed by atoms with Gasteiger partial charge in [-0.1, -0.05) is 53.7 Å². The average molecular weight is 346 g/mol. The van der Waals surface area contributed by atoms with Gasteiger partial charge in [-0.15, -0.1) is 16.8 Å². The second-order valence-corrected chi connectivity index (χ2v) is 6.62. The van der Waals surface area contributed by atoms with Crippen molar-refractivity contribution in [1.82, 2.24) is 14.8 Å². The van der Waals surface area contributed by atoms with E-state index in [1.807, 2.05) is 42.5 Å². The van der Waals surface area contributed by atoms with Crippen molar-refractivity contribution in [1.29, 1.82) is 5.26 Å². The molecule has 1 aromatic heterocycles. The predicted molar refractivity (Wildman–Crippen MR) is 101 cm³/mol. The Morgan fingerprint density at radius 3 is 2.80 bits per heavy atom. The van der Waals surface area contributed by atoms with Gasteiger partial charge in [-0.2, -0.15) is 5.26 Å². The number of allylic oxidation sites excluding steroid dienone is 1. The maximum atomic E-state index is 9.02. The number of aromatic nitrogens is 3. The summed E-state index contributed by atoms with van der Waals surface area (Å²) in [5.74, 6) is 1.58. The molecule has 25 heavy (non-hydrogen) atoms. The number of aryl methyl sites for hydroxylation is 1. The zero-order valence-electron chi connectivity index (χ0n) is 14.0. The monoisotopic (exact) mass is 346 g/mol. The quantitative estimate of drug-likeness (QED) is 0.483. The second-order valence-electron chi connectivity index (χ2n) is 5.68. The van der Waals surface area contributed by atoms with E-state index < -0.39 is 0 Å². The first kappa shape index (κ1) is 17.0. The minimum Gasteiger partial charge on any atom is -0.298 e. The smallest absolute Gasteiger partial charge is 0.192 e. The fraction of sp³-hybridized carbons (Fsp3) is 0.150. The SMILES string of the molecule is C=CCn1c(SCc2cccc(C#N)c2)nnc1-c1cccc(C)c1. The maximum Gasteiger partial charge on any atom is 0.192 e. The van der Waals surface area contributed by atoms with Crippen LogP contribution in [0.25, 0.3) is 11.4 Å². The van der Waals surface area contributed by atoms with Crippen molar-refractivity contribution in [2.24, 2.45) is 0 Å². The normalized spacial score (nSPS) is 10.4. The lowest BCUT2D eigenvalue weighted by atomic mass is 10.1. The molecule has 0 atom stereocenters. The Kier molecular flexibility index (Phi) is 5.32. The summed E-state index contributed by atoms with van der Waals surface area (Å²) in [6, 6.07) is 18.0. The number of hydrogen-bond donors (Lipinski definition) is 0. The van der Waals surface area contributed by atoms with E-state index in [4.69, 9.17) is 5.26 Å². The van der Waals surface area contributed by atoms with Crippen LogP contribution in [0.15, 0.2) is 66.3 Å². The summed E-state index contributed by atoms with van der Waals surface area (Å²) >= 11 is 1.61. The number of nitrogens with zero attached hydrogens (tertiary/aromatic N) is 4. The average Bonchev–Trinajstić information content (AvgIpc) is 3.03. The summed E-state index contributed by atoms with van der Waals surface area (Å²) in [7, 11) is 0. The molecule has 4 nitrogen and oxygen atoms in total. The Balaban J connectivity index is 1.86. The Morgan fingerprint density at radius 1 is 1.20 bits per heavy atom. The summed E-state index contributed by atoms with van der Waals surface area (Å²) in [5, 5.41) is 18.6. The van der Waals surface area contributed by atoms with Crippen LogP contribution in [0.4, 0.5) is 0 Å². The van der Waals surface area contributed by atoms with Crippen LogP contribution in [0, 0.1) is 18.3 Å². The van der Waals surface area contributed by atoms with E-state index in [2.05, 4.69) is 46.5 Å². The molecule has 0 aliphatic carbocycles. The van der Waals surface area contributed by atoms with Gasteiger partial charge in [0.15, 0.2) is 11.0 Å². The van der Waals surface area contributed by atoms with Crippen molar-refractivity contribution in [3.63, 3.8) is 0 Å². The van der Waals surface area contributed by atoms with Gasteiger partial charge in [-0.25, -0.2) is 0 Å². The van der Waals surface area contributed by atoms with Gasteiger partial charge in [0, 0.05) is 17.9 Å². The minimum atomic E-state index is 0.650. The molecule has 5 heteroatoms. The molecule has 124 valence electrons. The molecule has 3 aromatic rings. The molecule has 0 N–H and O–H groups in total. The fourth-order valence-corrected chi connectivity index (χ4v) is 3.46. The van der Waals surface area contributed by atoms with E-state index >= 15 is 0 Å². The third-order valence-corrected chi connectivity index (χ3v) is 4.77. The lowest BCUT2D eigenvalue weighted by molar-refractivity contribution is 0.731. The van der Waals surface area contributed by atoms with Gasteiger partial charge in [0.1, 0.15) is 0 Å². The standard InChI is InChI=1S/C20H18N4S/c1-3-10-24-19(18-9-4-6-15(2)11-18)22-23-20(24)25-14-17-8-5-7-16(12-17)13-21/h3-9,11-12H,1,10,14H2,2H3. The van der Waals surface area contributed by atoms with Crippen molar-refractivity contribution >= 4 is 11.8 Å². The highest BCUT2D eigenvalue weighted by molar-refractivity contribution is 7.98. The molecule has 0 unspecified atom stereocenters. The molecule has 0 spiro atoms. The number of rotatable bonds is 6. The van der Waals surface area contributed by atoms with Crippen LogP contribution in [-0.4, -0.2) is 14.8 Å². The van der Waals surface area contributed by atoms with Crippen molar-refractivity contribution in [2.75, 3.05) is 0 Å². The number of thioether (sulfide) groups is 1. The lowest BCUT2D eigenvalue weighted by Gasteiger charge is -2.08. The summed E-state index contributed by atoms with van der Waals surface area (Å²) in [6.45, 7) is 6.56. The molecule has 0 radical (unpaired) electrons. The van der Waals surface area contributed by atoms with Crippen molar-refractivity contribution in [3.05, 3.63) is 77.9 Å². The van der Waals surface area contributed by atoms with Gasteiger partial charge in [-0.3, -0.25) is 4.57 Å². The van der Waals surface area contributed by atoms with E-state index in [9.17, 15) is 0 Å². The molecule has 0 saturated carbocycles. The summed E-state index contributed by atoms with van der Waals surface area (Å²) in [6.07, 6.45) is 1.85. The zero-order valence-corrected chi connectivity index (χ0v) is 14.8. The van der Waals surface area contributed by atoms with Gasteiger partial charge < -0.3 is 0 Å².